The number of hydrogen-bond donors (Lipinski definition) is 3. The zero-order chi connectivity index (χ0) is 25.2. The van der Waals surface area contributed by atoms with E-state index in [2.05, 4.69) is 27.6 Å². The molecule has 0 aliphatic rings. The third-order valence-electron chi connectivity index (χ3n) is 6.05. The van der Waals surface area contributed by atoms with Crippen molar-refractivity contribution >= 4 is 22.9 Å². The maximum Gasteiger partial charge on any atom is 0.289 e. The molecule has 0 spiro atoms. The molecule has 3 N–H and O–H groups in total. The Kier molecular flexibility index (Phi) is 8.70. The van der Waals surface area contributed by atoms with Gasteiger partial charge in [-0.2, -0.15) is 10.2 Å². The fourth-order valence-electron chi connectivity index (χ4n) is 4.02. The number of nitrogens with zero attached hydrogens (tertiary/aromatic N) is 2. The number of fused-ring (bicyclic) bond motifs is 1. The summed E-state index contributed by atoms with van der Waals surface area (Å²) in [6, 6.07) is 20.5. The van der Waals surface area contributed by atoms with E-state index in [0.29, 0.717) is 11.3 Å². The lowest BCUT2D eigenvalue weighted by molar-refractivity contribution is 0.0950. The lowest BCUT2D eigenvalue weighted by Crippen LogP contribution is -2.18. The van der Waals surface area contributed by atoms with Crippen LogP contribution in [-0.2, 0) is 0 Å². The van der Waals surface area contributed by atoms with Gasteiger partial charge in [0.05, 0.1) is 18.5 Å². The Morgan fingerprint density at radius 2 is 1.81 bits per heavy atom. The van der Waals surface area contributed by atoms with Crippen molar-refractivity contribution in [2.75, 3.05) is 6.61 Å². The highest BCUT2D eigenvalue weighted by molar-refractivity contribution is 6.03. The number of hydrogen-bond acceptors (Lipinski definition) is 5. The van der Waals surface area contributed by atoms with Crippen LogP contribution >= 0.6 is 0 Å². The smallest absolute Gasteiger partial charge is 0.289 e. The molecule has 186 valence electrons. The van der Waals surface area contributed by atoms with Crippen molar-refractivity contribution in [2.24, 2.45) is 5.10 Å². The van der Waals surface area contributed by atoms with E-state index in [0.717, 1.165) is 35.1 Å². The van der Waals surface area contributed by atoms with E-state index in [1.54, 1.807) is 12.1 Å². The van der Waals surface area contributed by atoms with Crippen molar-refractivity contribution < 1.29 is 14.6 Å². The maximum absolute atomic E-state index is 12.5. The van der Waals surface area contributed by atoms with Gasteiger partial charge in [-0.3, -0.25) is 9.89 Å². The molecule has 0 atom stereocenters. The van der Waals surface area contributed by atoms with Gasteiger partial charge in [-0.05, 0) is 53.6 Å². The van der Waals surface area contributed by atoms with Gasteiger partial charge in [0.25, 0.3) is 5.91 Å². The monoisotopic (exact) mass is 484 g/mol. The van der Waals surface area contributed by atoms with Crippen LogP contribution in [0.4, 0.5) is 0 Å². The Morgan fingerprint density at radius 3 is 2.64 bits per heavy atom. The summed E-state index contributed by atoms with van der Waals surface area (Å²) in [6.45, 7) is 2.94. The zero-order valence-corrected chi connectivity index (χ0v) is 20.5. The zero-order valence-electron chi connectivity index (χ0n) is 20.5. The summed E-state index contributed by atoms with van der Waals surface area (Å²) in [7, 11) is 0. The van der Waals surface area contributed by atoms with Crippen molar-refractivity contribution in [1.82, 2.24) is 15.6 Å². The number of ether oxygens (including phenoxy) is 1. The quantitative estimate of drug-likeness (QED) is 0.122. The molecule has 3 aromatic carbocycles. The Labute approximate surface area is 211 Å². The molecule has 7 nitrogen and oxygen atoms in total. The van der Waals surface area contributed by atoms with Crippen LogP contribution in [0.1, 0.15) is 61.5 Å². The molecule has 0 saturated carbocycles. The highest BCUT2D eigenvalue weighted by Gasteiger charge is 2.11. The van der Waals surface area contributed by atoms with Gasteiger partial charge < -0.3 is 9.84 Å². The minimum atomic E-state index is -0.427. The molecule has 0 saturated heterocycles. The maximum atomic E-state index is 12.5. The van der Waals surface area contributed by atoms with E-state index in [9.17, 15) is 9.90 Å². The summed E-state index contributed by atoms with van der Waals surface area (Å²) >= 11 is 0. The number of phenolic OH excluding ortho intramolecular Hbond substituents is 1. The lowest BCUT2D eigenvalue weighted by atomic mass is 10.0. The van der Waals surface area contributed by atoms with Gasteiger partial charge in [0.2, 0.25) is 0 Å². The third kappa shape index (κ3) is 6.50. The first-order valence-electron chi connectivity index (χ1n) is 12.5. The predicted molar refractivity (Wildman–Crippen MR) is 144 cm³/mol. The molecule has 1 heterocycles. The molecule has 1 amide bonds. The number of benzene rings is 3. The SMILES string of the molecule is CCCCCCCCOc1ccc(-c2cc(C(=O)N/N=C\c3c(O)ccc4ccccc34)[nH]n2)cc1. The number of amides is 1. The van der Waals surface area contributed by atoms with Crippen LogP contribution in [0.5, 0.6) is 11.5 Å². The first kappa shape index (κ1) is 25.0. The van der Waals surface area contributed by atoms with Crippen LogP contribution in [-0.4, -0.2) is 34.0 Å². The molecule has 0 aliphatic carbocycles. The van der Waals surface area contributed by atoms with E-state index in [-0.39, 0.29) is 11.4 Å². The standard InChI is InChI=1S/C29H32N4O3/c1-2-3-4-5-6-9-18-36-23-15-12-22(13-16-23)26-19-27(32-31-26)29(35)33-30-20-25-24-11-8-7-10-21(24)14-17-28(25)34/h7-8,10-17,19-20,34H,2-6,9,18H2,1H3,(H,31,32)(H,33,35)/b30-20-. The molecule has 4 rings (SSSR count). The number of rotatable bonds is 12. The van der Waals surface area contributed by atoms with Crippen LogP contribution < -0.4 is 10.2 Å². The minimum absolute atomic E-state index is 0.0925. The largest absolute Gasteiger partial charge is 0.507 e. The summed E-state index contributed by atoms with van der Waals surface area (Å²) in [5, 5.41) is 23.1. The van der Waals surface area contributed by atoms with E-state index in [1.165, 1.54) is 38.3 Å². The number of aromatic nitrogens is 2. The van der Waals surface area contributed by atoms with Crippen molar-refractivity contribution in [1.29, 1.82) is 0 Å². The number of phenols is 1. The Balaban J connectivity index is 1.30. The second kappa shape index (κ2) is 12.5. The second-order valence-electron chi connectivity index (χ2n) is 8.73. The molecule has 0 bridgehead atoms. The number of nitrogens with one attached hydrogen (secondary N) is 2. The van der Waals surface area contributed by atoms with Gasteiger partial charge in [0.1, 0.15) is 17.2 Å². The van der Waals surface area contributed by atoms with Gasteiger partial charge in [-0.1, -0.05) is 69.4 Å². The number of carbonyl (C=O) groups is 1. The van der Waals surface area contributed by atoms with Crippen LogP contribution in [0.3, 0.4) is 0 Å². The Hall–Kier alpha value is -4.13. The molecule has 0 fully saturated rings. The van der Waals surface area contributed by atoms with Crippen molar-refractivity contribution in [3.8, 4) is 22.8 Å². The van der Waals surface area contributed by atoms with Crippen LogP contribution in [0.15, 0.2) is 71.8 Å². The Bertz CT molecular complexity index is 1310. The van der Waals surface area contributed by atoms with E-state index in [4.69, 9.17) is 4.74 Å². The van der Waals surface area contributed by atoms with Crippen molar-refractivity contribution in [2.45, 2.75) is 45.4 Å². The van der Waals surface area contributed by atoms with Gasteiger partial charge in [-0.15, -0.1) is 0 Å². The molecular formula is C29H32N4O3. The van der Waals surface area contributed by atoms with Gasteiger partial charge in [0.15, 0.2) is 0 Å². The summed E-state index contributed by atoms with van der Waals surface area (Å²) in [5.74, 6) is 0.491. The molecule has 0 unspecified atom stereocenters. The molecule has 7 heteroatoms. The number of carbonyl (C=O) groups excluding carboxylic acids is 1. The second-order valence-corrected chi connectivity index (χ2v) is 8.73. The van der Waals surface area contributed by atoms with E-state index < -0.39 is 5.91 Å². The first-order chi connectivity index (χ1) is 17.7. The fraction of sp³-hybridized carbons (Fsp3) is 0.276. The summed E-state index contributed by atoms with van der Waals surface area (Å²) in [6.07, 6.45) is 8.83. The number of hydrazone groups is 1. The molecule has 4 aromatic rings. The molecular weight excluding hydrogens is 452 g/mol. The number of H-pyrrole nitrogens is 1. The average molecular weight is 485 g/mol. The highest BCUT2D eigenvalue weighted by atomic mass is 16.5. The average Bonchev–Trinajstić information content (AvgIpc) is 3.40. The lowest BCUT2D eigenvalue weighted by Gasteiger charge is -2.06. The van der Waals surface area contributed by atoms with Crippen LogP contribution in [0, 0.1) is 0 Å². The Morgan fingerprint density at radius 1 is 1.03 bits per heavy atom. The summed E-state index contributed by atoms with van der Waals surface area (Å²) in [4.78, 5) is 12.5. The number of aromatic hydroxyl groups is 1. The number of aromatic amines is 1. The first-order valence-corrected chi connectivity index (χ1v) is 12.5. The number of unbranched alkanes of at least 4 members (excludes halogenated alkanes) is 5. The molecule has 36 heavy (non-hydrogen) atoms. The van der Waals surface area contributed by atoms with E-state index in [1.807, 2.05) is 54.6 Å². The van der Waals surface area contributed by atoms with Crippen LogP contribution in [0.25, 0.3) is 22.0 Å². The fourth-order valence-corrected chi connectivity index (χ4v) is 4.02. The van der Waals surface area contributed by atoms with Gasteiger partial charge >= 0.3 is 0 Å². The normalized spacial score (nSPS) is 11.2. The van der Waals surface area contributed by atoms with Gasteiger partial charge in [0, 0.05) is 11.1 Å². The summed E-state index contributed by atoms with van der Waals surface area (Å²) < 4.78 is 5.84. The molecule has 1 aromatic heterocycles. The van der Waals surface area contributed by atoms with Crippen molar-refractivity contribution in [3.63, 3.8) is 0 Å². The predicted octanol–water partition coefficient (Wildman–Crippen LogP) is 6.44. The molecule has 0 aliphatic heterocycles. The third-order valence-corrected chi connectivity index (χ3v) is 6.05. The topological polar surface area (TPSA) is 99.6 Å². The van der Waals surface area contributed by atoms with Crippen LogP contribution in [0.2, 0.25) is 0 Å². The van der Waals surface area contributed by atoms with E-state index >= 15 is 0 Å². The summed E-state index contributed by atoms with van der Waals surface area (Å²) in [5.41, 5.74) is 4.84. The minimum Gasteiger partial charge on any atom is -0.507 e. The van der Waals surface area contributed by atoms with Crippen molar-refractivity contribution in [3.05, 3.63) is 78.0 Å². The van der Waals surface area contributed by atoms with Gasteiger partial charge in [-0.25, -0.2) is 5.43 Å². The molecule has 0 radical (unpaired) electrons. The highest BCUT2D eigenvalue weighted by Crippen LogP contribution is 2.25.